The first-order valence-corrected chi connectivity index (χ1v) is 14.3. The molecule has 0 aromatic heterocycles. The van der Waals surface area contributed by atoms with Gasteiger partial charge in [-0.1, -0.05) is 46.2 Å². The molecule has 0 amide bonds. The normalized spacial score (nSPS) is 36.6. The molecule has 19 heavy (non-hydrogen) atoms. The maximum Gasteiger partial charge on any atom is 0.159 e. The summed E-state index contributed by atoms with van der Waals surface area (Å²) in [5.41, 5.74) is 1.05. The molecule has 3 unspecified atom stereocenters. The number of ketones is 1. The summed E-state index contributed by atoms with van der Waals surface area (Å²) >= 11 is 0. The first-order valence-electron chi connectivity index (χ1n) is 7.29. The number of aliphatic hydroxyl groups is 1. The number of carbonyl (C=O) groups is 1. The molecular formula is C15H28O2Si2. The van der Waals surface area contributed by atoms with Crippen molar-refractivity contribution in [2.24, 2.45) is 5.41 Å². The van der Waals surface area contributed by atoms with Gasteiger partial charge in [-0.25, -0.2) is 0 Å². The molecule has 1 fully saturated rings. The van der Waals surface area contributed by atoms with Gasteiger partial charge < -0.3 is 5.11 Å². The maximum atomic E-state index is 13.2. The first-order chi connectivity index (χ1) is 8.31. The lowest BCUT2D eigenvalue weighted by Crippen LogP contribution is -2.40. The molecule has 2 aliphatic rings. The highest BCUT2D eigenvalue weighted by atomic mass is 28.3. The Kier molecular flexibility index (Phi) is 2.97. The van der Waals surface area contributed by atoms with E-state index in [4.69, 9.17) is 0 Å². The minimum atomic E-state index is -1.70. The zero-order valence-corrected chi connectivity index (χ0v) is 15.6. The van der Waals surface area contributed by atoms with Crippen molar-refractivity contribution in [3.05, 3.63) is 10.8 Å². The van der Waals surface area contributed by atoms with Gasteiger partial charge in [0.15, 0.2) is 5.78 Å². The van der Waals surface area contributed by atoms with Crippen LogP contribution in [0.25, 0.3) is 0 Å². The average molecular weight is 297 g/mol. The Bertz CT molecular complexity index is 479. The van der Waals surface area contributed by atoms with Gasteiger partial charge in [0.05, 0.1) is 22.3 Å². The van der Waals surface area contributed by atoms with Gasteiger partial charge in [-0.15, -0.1) is 0 Å². The number of aliphatic hydroxyl groups excluding tert-OH is 1. The fraction of sp³-hybridized carbons (Fsp3) is 0.800. The van der Waals surface area contributed by atoms with Crippen LogP contribution in [-0.4, -0.2) is 33.1 Å². The van der Waals surface area contributed by atoms with Crippen molar-refractivity contribution in [1.29, 1.82) is 0 Å². The second kappa shape index (κ2) is 3.71. The molecule has 1 saturated carbocycles. The lowest BCUT2D eigenvalue weighted by molar-refractivity contribution is -0.115. The lowest BCUT2D eigenvalue weighted by atomic mass is 9.95. The van der Waals surface area contributed by atoms with E-state index < -0.39 is 22.3 Å². The molecule has 0 radical (unpaired) electrons. The molecular weight excluding hydrogens is 268 g/mol. The smallest absolute Gasteiger partial charge is 0.159 e. The topological polar surface area (TPSA) is 37.3 Å². The lowest BCUT2D eigenvalue weighted by Gasteiger charge is -2.30. The Hall–Kier alpha value is -0.196. The Balaban J connectivity index is 2.67. The molecule has 2 nitrogen and oxygen atoms in total. The van der Waals surface area contributed by atoms with E-state index in [9.17, 15) is 9.90 Å². The van der Waals surface area contributed by atoms with Crippen molar-refractivity contribution in [3.8, 4) is 0 Å². The molecule has 0 spiro atoms. The van der Waals surface area contributed by atoms with Gasteiger partial charge >= 0.3 is 0 Å². The first kappa shape index (κ1) is 15.2. The predicted molar refractivity (Wildman–Crippen MR) is 85.8 cm³/mol. The molecule has 0 aromatic rings. The monoisotopic (exact) mass is 296 g/mol. The summed E-state index contributed by atoms with van der Waals surface area (Å²) in [6.45, 7) is 17.7. The Morgan fingerprint density at radius 3 is 1.89 bits per heavy atom. The van der Waals surface area contributed by atoms with Crippen LogP contribution in [0.1, 0.15) is 20.3 Å². The summed E-state index contributed by atoms with van der Waals surface area (Å²) in [4.78, 5) is 13.2. The van der Waals surface area contributed by atoms with Crippen LogP contribution in [-0.2, 0) is 4.79 Å². The van der Waals surface area contributed by atoms with Crippen molar-refractivity contribution in [1.82, 2.24) is 0 Å². The van der Waals surface area contributed by atoms with E-state index in [-0.39, 0.29) is 10.5 Å². The summed E-state index contributed by atoms with van der Waals surface area (Å²) < 4.78 is 0. The zero-order valence-electron chi connectivity index (χ0n) is 13.6. The standard InChI is InChI=1S/C15H28O2Si2/c1-10(16)11-12(18(3,4)5)13(17)15(19(6,7)8)9-14(11,15)2/h10,16H,9H2,1-8H3. The second-order valence-corrected chi connectivity index (χ2v) is 19.1. The van der Waals surface area contributed by atoms with Crippen LogP contribution in [0.2, 0.25) is 44.3 Å². The highest BCUT2D eigenvalue weighted by Gasteiger charge is 2.80. The third-order valence-electron chi connectivity index (χ3n) is 5.36. The molecule has 2 aliphatic carbocycles. The van der Waals surface area contributed by atoms with Gasteiger partial charge in [-0.3, -0.25) is 4.79 Å². The van der Waals surface area contributed by atoms with Gasteiger partial charge in [0.2, 0.25) is 0 Å². The Morgan fingerprint density at radius 2 is 1.63 bits per heavy atom. The van der Waals surface area contributed by atoms with E-state index in [1.807, 2.05) is 6.92 Å². The molecule has 0 bridgehead atoms. The minimum absolute atomic E-state index is 0.0433. The van der Waals surface area contributed by atoms with E-state index in [1.165, 1.54) is 0 Å². The summed E-state index contributed by atoms with van der Waals surface area (Å²) in [5, 5.41) is 11.2. The molecule has 108 valence electrons. The van der Waals surface area contributed by atoms with Crippen molar-refractivity contribution < 1.29 is 9.90 Å². The van der Waals surface area contributed by atoms with Crippen molar-refractivity contribution in [2.45, 2.75) is 70.7 Å². The largest absolute Gasteiger partial charge is 0.389 e. The van der Waals surface area contributed by atoms with Gasteiger partial charge in [-0.05, 0) is 24.1 Å². The molecule has 2 rings (SSSR count). The fourth-order valence-electron chi connectivity index (χ4n) is 4.60. The molecule has 0 aromatic carbocycles. The average Bonchev–Trinajstić information content (AvgIpc) is 2.73. The van der Waals surface area contributed by atoms with Gasteiger partial charge in [0, 0.05) is 10.5 Å². The Morgan fingerprint density at radius 1 is 1.16 bits per heavy atom. The van der Waals surface area contributed by atoms with E-state index in [2.05, 4.69) is 46.2 Å². The fourth-order valence-corrected chi connectivity index (χ4v) is 10.4. The summed E-state index contributed by atoms with van der Waals surface area (Å²) in [7, 11) is -3.30. The molecule has 0 heterocycles. The van der Waals surface area contributed by atoms with Crippen LogP contribution in [0.15, 0.2) is 10.8 Å². The van der Waals surface area contributed by atoms with Crippen LogP contribution >= 0.6 is 0 Å². The number of hydrogen-bond acceptors (Lipinski definition) is 2. The van der Waals surface area contributed by atoms with E-state index in [0.717, 1.165) is 17.2 Å². The second-order valence-electron chi connectivity index (χ2n) is 8.71. The van der Waals surface area contributed by atoms with Crippen LogP contribution in [0.5, 0.6) is 0 Å². The number of allylic oxidation sites excluding steroid dienone is 1. The van der Waals surface area contributed by atoms with E-state index >= 15 is 0 Å². The Labute approximate surface area is 119 Å². The number of fused-ring (bicyclic) bond motifs is 1. The molecule has 0 saturated heterocycles. The molecule has 4 heteroatoms. The summed E-state index contributed by atoms with van der Waals surface area (Å²) in [6, 6.07) is 0. The third kappa shape index (κ3) is 1.66. The highest BCUT2D eigenvalue weighted by molar-refractivity contribution is 6.92. The SMILES string of the molecule is CC(O)C1=C([Si](C)(C)C)C(=O)C2([Si](C)(C)C)CC12C. The quantitative estimate of drug-likeness (QED) is 0.808. The van der Waals surface area contributed by atoms with Gasteiger partial charge in [0.1, 0.15) is 0 Å². The zero-order chi connectivity index (χ0) is 15.0. The van der Waals surface area contributed by atoms with Crippen LogP contribution in [0.4, 0.5) is 0 Å². The van der Waals surface area contributed by atoms with E-state index in [0.29, 0.717) is 5.78 Å². The maximum absolute atomic E-state index is 13.2. The van der Waals surface area contributed by atoms with Crippen LogP contribution < -0.4 is 0 Å². The number of rotatable bonds is 3. The third-order valence-corrected chi connectivity index (χ3v) is 10.9. The minimum Gasteiger partial charge on any atom is -0.389 e. The van der Waals surface area contributed by atoms with Gasteiger partial charge in [-0.2, -0.15) is 0 Å². The number of carbonyl (C=O) groups excluding carboxylic acids is 1. The highest BCUT2D eigenvalue weighted by Crippen LogP contribution is 2.83. The number of Topliss-reactive ketones (excluding diaryl/α,β-unsaturated/α-hetero) is 1. The van der Waals surface area contributed by atoms with E-state index in [1.54, 1.807) is 0 Å². The summed E-state index contributed by atoms with van der Waals surface area (Å²) in [6.07, 6.45) is 0.499. The molecule has 0 aliphatic heterocycles. The van der Waals surface area contributed by atoms with Gasteiger partial charge in [0.25, 0.3) is 0 Å². The van der Waals surface area contributed by atoms with Crippen LogP contribution in [0, 0.1) is 5.41 Å². The van der Waals surface area contributed by atoms with Crippen molar-refractivity contribution in [2.75, 3.05) is 0 Å². The predicted octanol–water partition coefficient (Wildman–Crippen LogP) is 3.61. The molecule has 3 atom stereocenters. The summed E-state index contributed by atoms with van der Waals surface area (Å²) in [5.74, 6) is 0.407. The van der Waals surface area contributed by atoms with Crippen molar-refractivity contribution >= 4 is 21.9 Å². The van der Waals surface area contributed by atoms with Crippen molar-refractivity contribution in [3.63, 3.8) is 0 Å². The van der Waals surface area contributed by atoms with Crippen LogP contribution in [0.3, 0.4) is 0 Å². The number of hydrogen-bond donors (Lipinski definition) is 1. The molecule has 1 N–H and O–H groups in total.